The Bertz CT molecular complexity index is 504. The molecule has 2 atom stereocenters. The Labute approximate surface area is 137 Å². The van der Waals surface area contributed by atoms with Crippen LogP contribution in [0.2, 0.25) is 0 Å². The van der Waals surface area contributed by atoms with E-state index in [0.717, 1.165) is 31.5 Å². The Morgan fingerprint density at radius 3 is 2.74 bits per heavy atom. The molecule has 0 radical (unpaired) electrons. The van der Waals surface area contributed by atoms with E-state index in [-0.39, 0.29) is 18.7 Å². The lowest BCUT2D eigenvalue weighted by molar-refractivity contribution is 0.0983. The van der Waals surface area contributed by atoms with Crippen LogP contribution in [-0.2, 0) is 11.3 Å². The Morgan fingerprint density at radius 2 is 2.04 bits per heavy atom. The number of aliphatic hydroxyl groups excluding tert-OH is 1. The number of nitrogens with zero attached hydrogens (tertiary/aromatic N) is 1. The fourth-order valence-electron chi connectivity index (χ4n) is 3.41. The Balaban J connectivity index is 1.48. The molecule has 1 aromatic rings. The minimum absolute atomic E-state index is 0.115. The molecule has 0 bridgehead atoms. The zero-order chi connectivity index (χ0) is 16.1. The maximum Gasteiger partial charge on any atom is 0.407 e. The van der Waals surface area contributed by atoms with E-state index in [1.807, 2.05) is 30.3 Å². The molecule has 1 aliphatic heterocycles. The second-order valence-electron chi connectivity index (χ2n) is 6.70. The van der Waals surface area contributed by atoms with Crippen LogP contribution in [0.5, 0.6) is 0 Å². The highest BCUT2D eigenvalue weighted by Gasteiger charge is 2.36. The number of carbonyl (C=O) groups excluding carboxylic acids is 1. The van der Waals surface area contributed by atoms with E-state index in [0.29, 0.717) is 18.6 Å². The summed E-state index contributed by atoms with van der Waals surface area (Å²) >= 11 is 0. The predicted molar refractivity (Wildman–Crippen MR) is 88.0 cm³/mol. The van der Waals surface area contributed by atoms with Crippen molar-refractivity contribution in [1.82, 2.24) is 10.2 Å². The summed E-state index contributed by atoms with van der Waals surface area (Å²) < 4.78 is 5.32. The number of likely N-dealkylation sites (tertiary alicyclic amines) is 1. The molecule has 2 fully saturated rings. The minimum atomic E-state index is -0.348. The molecule has 126 valence electrons. The molecule has 0 aromatic heterocycles. The summed E-state index contributed by atoms with van der Waals surface area (Å²) in [4.78, 5) is 14.5. The van der Waals surface area contributed by atoms with Crippen molar-refractivity contribution >= 4 is 6.09 Å². The van der Waals surface area contributed by atoms with Crippen LogP contribution in [0, 0.1) is 5.92 Å². The summed E-state index contributed by atoms with van der Waals surface area (Å²) in [5.74, 6) is 0.453. The summed E-state index contributed by atoms with van der Waals surface area (Å²) in [7, 11) is 0. The maximum absolute atomic E-state index is 12.0. The number of hydrogen-bond acceptors (Lipinski definition) is 4. The van der Waals surface area contributed by atoms with Crippen LogP contribution in [0.25, 0.3) is 0 Å². The van der Waals surface area contributed by atoms with Crippen molar-refractivity contribution in [1.29, 1.82) is 0 Å². The Morgan fingerprint density at radius 1 is 1.26 bits per heavy atom. The highest BCUT2D eigenvalue weighted by molar-refractivity contribution is 5.67. The molecular formula is C18H26N2O3. The standard InChI is InChI=1S/C18H26N2O3/c21-9-8-15-10-16(12-20(11-15)17-6-7-17)19-18(22)23-13-14-4-2-1-3-5-14/h1-5,15-17,21H,6-13H2,(H,19,22). The van der Waals surface area contributed by atoms with E-state index < -0.39 is 0 Å². The summed E-state index contributed by atoms with van der Waals surface area (Å²) in [6.45, 7) is 2.45. The van der Waals surface area contributed by atoms with E-state index in [2.05, 4.69) is 10.2 Å². The van der Waals surface area contributed by atoms with Gasteiger partial charge in [0.25, 0.3) is 0 Å². The largest absolute Gasteiger partial charge is 0.445 e. The maximum atomic E-state index is 12.0. The van der Waals surface area contributed by atoms with Gasteiger partial charge in [0.1, 0.15) is 6.61 Å². The van der Waals surface area contributed by atoms with Crippen molar-refractivity contribution in [2.75, 3.05) is 19.7 Å². The molecule has 2 N–H and O–H groups in total. The van der Waals surface area contributed by atoms with Crippen LogP contribution in [0.4, 0.5) is 4.79 Å². The monoisotopic (exact) mass is 318 g/mol. The average molecular weight is 318 g/mol. The lowest BCUT2D eigenvalue weighted by atomic mass is 9.91. The van der Waals surface area contributed by atoms with E-state index >= 15 is 0 Å². The minimum Gasteiger partial charge on any atom is -0.445 e. The summed E-state index contributed by atoms with van der Waals surface area (Å²) in [5.41, 5.74) is 0.990. The Hall–Kier alpha value is -1.59. The third kappa shape index (κ3) is 4.94. The van der Waals surface area contributed by atoms with Gasteiger partial charge in [-0.25, -0.2) is 4.79 Å². The molecule has 5 nitrogen and oxygen atoms in total. The number of benzene rings is 1. The normalized spacial score (nSPS) is 25.1. The number of alkyl carbamates (subject to hydrolysis) is 1. The van der Waals surface area contributed by atoms with Crippen LogP contribution in [0.15, 0.2) is 30.3 Å². The van der Waals surface area contributed by atoms with E-state index in [9.17, 15) is 9.90 Å². The molecule has 1 aliphatic carbocycles. The van der Waals surface area contributed by atoms with E-state index in [1.54, 1.807) is 0 Å². The van der Waals surface area contributed by atoms with Gasteiger partial charge in [-0.05, 0) is 37.2 Å². The molecule has 23 heavy (non-hydrogen) atoms. The average Bonchev–Trinajstić information content (AvgIpc) is 3.39. The van der Waals surface area contributed by atoms with Gasteiger partial charge in [-0.1, -0.05) is 30.3 Å². The number of amides is 1. The quantitative estimate of drug-likeness (QED) is 0.844. The van der Waals surface area contributed by atoms with Gasteiger partial charge in [0.05, 0.1) is 0 Å². The lowest BCUT2D eigenvalue weighted by Gasteiger charge is -2.38. The van der Waals surface area contributed by atoms with E-state index in [4.69, 9.17) is 4.74 Å². The van der Waals surface area contributed by atoms with Crippen LogP contribution in [0.1, 0.15) is 31.2 Å². The molecule has 0 spiro atoms. The molecule has 1 amide bonds. The second kappa shape index (κ2) is 7.79. The van der Waals surface area contributed by atoms with Gasteiger partial charge >= 0.3 is 6.09 Å². The van der Waals surface area contributed by atoms with Crippen molar-refractivity contribution in [3.05, 3.63) is 35.9 Å². The van der Waals surface area contributed by atoms with Crippen molar-refractivity contribution in [3.8, 4) is 0 Å². The molecule has 1 heterocycles. The third-order valence-electron chi connectivity index (χ3n) is 4.70. The van der Waals surface area contributed by atoms with Gasteiger partial charge in [-0.3, -0.25) is 4.90 Å². The van der Waals surface area contributed by atoms with E-state index in [1.165, 1.54) is 12.8 Å². The molecule has 1 saturated carbocycles. The van der Waals surface area contributed by atoms with Crippen LogP contribution < -0.4 is 5.32 Å². The van der Waals surface area contributed by atoms with Crippen LogP contribution in [0.3, 0.4) is 0 Å². The molecule has 1 aromatic carbocycles. The highest BCUT2D eigenvalue weighted by atomic mass is 16.5. The number of piperidine rings is 1. The van der Waals surface area contributed by atoms with Gasteiger partial charge < -0.3 is 15.2 Å². The lowest BCUT2D eigenvalue weighted by Crippen LogP contribution is -2.51. The first-order valence-electron chi connectivity index (χ1n) is 8.56. The number of ether oxygens (including phenoxy) is 1. The first-order valence-corrected chi connectivity index (χ1v) is 8.56. The first-order chi connectivity index (χ1) is 11.2. The fourth-order valence-corrected chi connectivity index (χ4v) is 3.41. The smallest absolute Gasteiger partial charge is 0.407 e. The second-order valence-corrected chi connectivity index (χ2v) is 6.70. The number of carbonyl (C=O) groups is 1. The predicted octanol–water partition coefficient (Wildman–Crippen LogP) is 2.15. The molecule has 3 rings (SSSR count). The summed E-state index contributed by atoms with van der Waals surface area (Å²) in [6.07, 6.45) is 3.90. The number of rotatable bonds is 6. The van der Waals surface area contributed by atoms with Gasteiger partial charge in [-0.2, -0.15) is 0 Å². The van der Waals surface area contributed by atoms with Crippen molar-refractivity contribution in [3.63, 3.8) is 0 Å². The highest BCUT2D eigenvalue weighted by Crippen LogP contribution is 2.32. The zero-order valence-electron chi connectivity index (χ0n) is 13.5. The fraction of sp³-hybridized carbons (Fsp3) is 0.611. The number of aliphatic hydroxyl groups is 1. The van der Waals surface area contributed by atoms with Gasteiger partial charge in [-0.15, -0.1) is 0 Å². The molecule has 5 heteroatoms. The molecule has 2 aliphatic rings. The molecule has 1 saturated heterocycles. The third-order valence-corrected chi connectivity index (χ3v) is 4.70. The Kier molecular flexibility index (Phi) is 5.51. The van der Waals surface area contributed by atoms with Gasteiger partial charge in [0.15, 0.2) is 0 Å². The van der Waals surface area contributed by atoms with Crippen molar-refractivity contribution in [2.45, 2.75) is 44.4 Å². The number of nitrogens with one attached hydrogen (secondary N) is 1. The van der Waals surface area contributed by atoms with Crippen LogP contribution >= 0.6 is 0 Å². The number of hydrogen-bond donors (Lipinski definition) is 2. The SMILES string of the molecule is O=C(NC1CC(CCO)CN(C2CC2)C1)OCc1ccccc1. The summed E-state index contributed by atoms with van der Waals surface area (Å²) in [5, 5.41) is 12.2. The van der Waals surface area contributed by atoms with Crippen molar-refractivity contribution in [2.24, 2.45) is 5.92 Å². The topological polar surface area (TPSA) is 61.8 Å². The molecule has 2 unspecified atom stereocenters. The summed E-state index contributed by atoms with van der Waals surface area (Å²) in [6, 6.07) is 10.5. The van der Waals surface area contributed by atoms with Crippen LogP contribution in [-0.4, -0.2) is 47.9 Å². The van der Waals surface area contributed by atoms with Gasteiger partial charge in [0.2, 0.25) is 0 Å². The van der Waals surface area contributed by atoms with Crippen molar-refractivity contribution < 1.29 is 14.6 Å². The molecular weight excluding hydrogens is 292 g/mol. The first kappa shape index (κ1) is 16.3. The van der Waals surface area contributed by atoms with Gasteiger partial charge in [0, 0.05) is 31.8 Å². The zero-order valence-corrected chi connectivity index (χ0v) is 13.5.